The van der Waals surface area contributed by atoms with Crippen molar-refractivity contribution in [1.82, 2.24) is 4.31 Å². The van der Waals surface area contributed by atoms with Gasteiger partial charge in [0, 0.05) is 5.75 Å². The van der Waals surface area contributed by atoms with E-state index in [0.29, 0.717) is 0 Å². The van der Waals surface area contributed by atoms with Crippen molar-refractivity contribution in [3.63, 3.8) is 0 Å². The van der Waals surface area contributed by atoms with Gasteiger partial charge in [0.25, 0.3) is 0 Å². The van der Waals surface area contributed by atoms with Crippen molar-refractivity contribution in [2.24, 2.45) is 0 Å². The van der Waals surface area contributed by atoms with E-state index in [2.05, 4.69) is 0 Å². The van der Waals surface area contributed by atoms with Crippen molar-refractivity contribution < 1.29 is 18.3 Å². The highest BCUT2D eigenvalue weighted by Gasteiger charge is 2.44. The number of carbonyl (C=O) groups is 1. The third-order valence-electron chi connectivity index (χ3n) is 3.01. The topological polar surface area (TPSA) is 74.7 Å². The summed E-state index contributed by atoms with van der Waals surface area (Å²) in [5.74, 6) is -0.824. The number of aliphatic carboxylic acids is 1. The molecule has 1 aliphatic heterocycles. The maximum Gasteiger partial charge on any atom is 0.322 e. The van der Waals surface area contributed by atoms with Crippen LogP contribution < -0.4 is 0 Å². The number of rotatable bonds is 3. The van der Waals surface area contributed by atoms with Gasteiger partial charge in [0.2, 0.25) is 10.0 Å². The van der Waals surface area contributed by atoms with Gasteiger partial charge < -0.3 is 5.11 Å². The molecule has 104 valence electrons. The highest BCUT2D eigenvalue weighted by atomic mass is 32.2. The standard InChI is InChI=1S/C12H15NO4S2/c1-8-4-3-5-10(6-8)19(16,17)13-9(2)18-7-11(13)12(14)15/h3-6,9,11H,7H2,1-2H3,(H,14,15). The zero-order valence-corrected chi connectivity index (χ0v) is 12.2. The van der Waals surface area contributed by atoms with E-state index in [0.717, 1.165) is 9.87 Å². The molecule has 1 heterocycles. The smallest absolute Gasteiger partial charge is 0.322 e. The summed E-state index contributed by atoms with van der Waals surface area (Å²) in [7, 11) is -3.77. The number of benzene rings is 1. The highest BCUT2D eigenvalue weighted by Crippen LogP contribution is 2.34. The number of carboxylic acids is 1. The van der Waals surface area contributed by atoms with Gasteiger partial charge >= 0.3 is 5.97 Å². The quantitative estimate of drug-likeness (QED) is 0.916. The van der Waals surface area contributed by atoms with Gasteiger partial charge in [-0.2, -0.15) is 4.31 Å². The summed E-state index contributed by atoms with van der Waals surface area (Å²) in [4.78, 5) is 11.3. The highest BCUT2D eigenvalue weighted by molar-refractivity contribution is 8.01. The van der Waals surface area contributed by atoms with Gasteiger partial charge in [-0.05, 0) is 31.5 Å². The lowest BCUT2D eigenvalue weighted by atomic mass is 10.2. The molecule has 0 saturated carbocycles. The van der Waals surface area contributed by atoms with Crippen LogP contribution in [0.3, 0.4) is 0 Å². The molecule has 19 heavy (non-hydrogen) atoms. The van der Waals surface area contributed by atoms with Crippen LogP contribution in [-0.2, 0) is 14.8 Å². The Kier molecular flexibility index (Phi) is 3.89. The van der Waals surface area contributed by atoms with E-state index in [1.165, 1.54) is 17.8 Å². The van der Waals surface area contributed by atoms with Gasteiger partial charge in [-0.1, -0.05) is 12.1 Å². The third kappa shape index (κ3) is 2.63. The summed E-state index contributed by atoms with van der Waals surface area (Å²) in [6.07, 6.45) is 0. The molecule has 1 aromatic rings. The van der Waals surface area contributed by atoms with E-state index in [4.69, 9.17) is 5.11 Å². The molecule has 2 atom stereocenters. The molecular formula is C12H15NO4S2. The lowest BCUT2D eigenvalue weighted by Crippen LogP contribution is -2.44. The van der Waals surface area contributed by atoms with Crippen LogP contribution >= 0.6 is 11.8 Å². The Bertz CT molecular complexity index is 600. The van der Waals surface area contributed by atoms with Gasteiger partial charge in [-0.3, -0.25) is 4.79 Å². The molecule has 0 spiro atoms. The number of nitrogens with zero attached hydrogens (tertiary/aromatic N) is 1. The molecule has 1 saturated heterocycles. The Morgan fingerprint density at radius 1 is 1.47 bits per heavy atom. The zero-order chi connectivity index (χ0) is 14.2. The predicted octanol–water partition coefficient (Wildman–Crippen LogP) is 1.53. The van der Waals surface area contributed by atoms with E-state index in [-0.39, 0.29) is 16.0 Å². The van der Waals surface area contributed by atoms with Crippen molar-refractivity contribution in [3.05, 3.63) is 29.8 Å². The molecule has 0 aliphatic carbocycles. The fraction of sp³-hybridized carbons (Fsp3) is 0.417. The fourth-order valence-electron chi connectivity index (χ4n) is 2.07. The SMILES string of the molecule is Cc1cccc(S(=O)(=O)N2C(C)SCC2C(=O)O)c1. The first kappa shape index (κ1) is 14.4. The Balaban J connectivity index is 2.46. The molecule has 1 aliphatic rings. The lowest BCUT2D eigenvalue weighted by molar-refractivity contribution is -0.140. The Morgan fingerprint density at radius 2 is 2.16 bits per heavy atom. The van der Waals surface area contributed by atoms with Gasteiger partial charge in [-0.15, -0.1) is 11.8 Å². The van der Waals surface area contributed by atoms with Gasteiger partial charge in [0.1, 0.15) is 6.04 Å². The van der Waals surface area contributed by atoms with Crippen LogP contribution in [0.15, 0.2) is 29.2 Å². The average molecular weight is 301 g/mol. The number of aryl methyl sites for hydroxylation is 1. The van der Waals surface area contributed by atoms with Gasteiger partial charge in [-0.25, -0.2) is 8.42 Å². The summed E-state index contributed by atoms with van der Waals surface area (Å²) < 4.78 is 26.2. The molecule has 0 bridgehead atoms. The molecular weight excluding hydrogens is 286 g/mol. The van der Waals surface area contributed by atoms with Crippen LogP contribution in [0, 0.1) is 6.92 Å². The van der Waals surface area contributed by atoms with E-state index in [1.54, 1.807) is 32.0 Å². The van der Waals surface area contributed by atoms with Crippen LogP contribution in [0.5, 0.6) is 0 Å². The Labute approximate surface area is 116 Å². The van der Waals surface area contributed by atoms with Gasteiger partial charge in [0.05, 0.1) is 10.3 Å². The second-order valence-electron chi connectivity index (χ2n) is 4.44. The van der Waals surface area contributed by atoms with Crippen LogP contribution in [0.25, 0.3) is 0 Å². The minimum absolute atomic E-state index is 0.146. The van der Waals surface area contributed by atoms with Crippen LogP contribution in [0.4, 0.5) is 0 Å². The second-order valence-corrected chi connectivity index (χ2v) is 7.63. The van der Waals surface area contributed by atoms with Crippen LogP contribution in [0.1, 0.15) is 12.5 Å². The largest absolute Gasteiger partial charge is 0.480 e. The maximum atomic E-state index is 12.6. The summed E-state index contributed by atoms with van der Waals surface area (Å²) in [6.45, 7) is 3.51. The summed E-state index contributed by atoms with van der Waals surface area (Å²) in [5, 5.41) is 8.78. The summed E-state index contributed by atoms with van der Waals surface area (Å²) >= 11 is 1.33. The molecule has 7 heteroatoms. The molecule has 0 amide bonds. The monoisotopic (exact) mass is 301 g/mol. The summed E-state index contributed by atoms with van der Waals surface area (Å²) in [5.41, 5.74) is 0.826. The van der Waals surface area contributed by atoms with Crippen molar-refractivity contribution in [3.8, 4) is 0 Å². The Hall–Kier alpha value is -1.05. The molecule has 2 rings (SSSR count). The molecule has 1 aromatic carbocycles. The first-order chi connectivity index (χ1) is 8.84. The number of carboxylic acid groups (broad SMARTS) is 1. The predicted molar refractivity (Wildman–Crippen MR) is 73.5 cm³/mol. The minimum atomic E-state index is -3.77. The van der Waals surface area contributed by atoms with E-state index >= 15 is 0 Å². The maximum absolute atomic E-state index is 12.6. The normalized spacial score (nSPS) is 24.5. The van der Waals surface area contributed by atoms with Crippen LogP contribution in [0.2, 0.25) is 0 Å². The minimum Gasteiger partial charge on any atom is -0.480 e. The molecule has 1 fully saturated rings. The number of hydrogen-bond acceptors (Lipinski definition) is 4. The lowest BCUT2D eigenvalue weighted by Gasteiger charge is -2.24. The molecule has 5 nitrogen and oxygen atoms in total. The van der Waals surface area contributed by atoms with Crippen molar-refractivity contribution in [2.45, 2.75) is 30.2 Å². The average Bonchev–Trinajstić information content (AvgIpc) is 2.72. The van der Waals surface area contributed by atoms with Crippen molar-refractivity contribution in [1.29, 1.82) is 0 Å². The van der Waals surface area contributed by atoms with Crippen molar-refractivity contribution in [2.75, 3.05) is 5.75 Å². The Morgan fingerprint density at radius 3 is 2.74 bits per heavy atom. The number of hydrogen-bond donors (Lipinski definition) is 1. The second kappa shape index (κ2) is 5.15. The number of sulfonamides is 1. The molecule has 2 unspecified atom stereocenters. The molecule has 0 radical (unpaired) electrons. The van der Waals surface area contributed by atoms with Crippen molar-refractivity contribution >= 4 is 27.8 Å². The zero-order valence-electron chi connectivity index (χ0n) is 10.6. The molecule has 1 N–H and O–H groups in total. The fourth-order valence-corrected chi connectivity index (χ4v) is 5.47. The first-order valence-electron chi connectivity index (χ1n) is 5.78. The van der Waals surface area contributed by atoms with E-state index in [1.807, 2.05) is 0 Å². The van der Waals surface area contributed by atoms with Crippen LogP contribution in [-0.4, -0.2) is 41.0 Å². The van der Waals surface area contributed by atoms with E-state index < -0.39 is 22.0 Å². The number of thioether (sulfide) groups is 1. The van der Waals surface area contributed by atoms with Gasteiger partial charge in [0.15, 0.2) is 0 Å². The molecule has 0 aromatic heterocycles. The third-order valence-corrected chi connectivity index (χ3v) is 6.34. The first-order valence-corrected chi connectivity index (χ1v) is 8.27. The summed E-state index contributed by atoms with van der Waals surface area (Å²) in [6, 6.07) is 5.52. The van der Waals surface area contributed by atoms with E-state index in [9.17, 15) is 13.2 Å².